The van der Waals surface area contributed by atoms with Crippen molar-refractivity contribution in [3.8, 4) is 17.6 Å². The molecule has 0 unspecified atom stereocenters. The molecule has 7 nitrogen and oxygen atoms in total. The van der Waals surface area contributed by atoms with Crippen LogP contribution >= 0.6 is 0 Å². The minimum Gasteiger partial charge on any atom is -0.487 e. The van der Waals surface area contributed by atoms with E-state index in [1.54, 1.807) is 31.0 Å². The lowest BCUT2D eigenvalue weighted by atomic mass is 10.0. The number of nitrogens with zero attached hydrogens (tertiary/aromatic N) is 2. The molecule has 1 aliphatic heterocycles. The molecular formula is C26H38N2O5S. The average molecular weight is 491 g/mol. The number of fused-ring (bicyclic) bond motifs is 1. The number of aliphatic hydroxyl groups excluding tert-OH is 1. The van der Waals surface area contributed by atoms with Crippen LogP contribution in [0.5, 0.6) is 5.75 Å². The smallest absolute Gasteiger partial charge is 0.247 e. The van der Waals surface area contributed by atoms with Gasteiger partial charge in [-0.2, -0.15) is 4.31 Å². The maximum absolute atomic E-state index is 13.5. The number of hydrogen-bond donors (Lipinski definition) is 1. The quantitative estimate of drug-likeness (QED) is 0.594. The second-order valence-electron chi connectivity index (χ2n) is 10.2. The summed E-state index contributed by atoms with van der Waals surface area (Å²) >= 11 is 0. The first-order valence-electron chi connectivity index (χ1n) is 12.2. The van der Waals surface area contributed by atoms with Gasteiger partial charge < -0.3 is 14.7 Å². The maximum Gasteiger partial charge on any atom is 0.247 e. The molecule has 34 heavy (non-hydrogen) atoms. The van der Waals surface area contributed by atoms with Gasteiger partial charge in [-0.15, -0.1) is 0 Å². The first-order chi connectivity index (χ1) is 16.0. The standard InChI is InChI=1S/C26H38N2O5S/c1-18(2)7-6-8-21-11-12-25-23(13-21)33-24(16-27(5)26(30)14-22-9-10-22)19(3)15-28(20(4)17-29)34(25,31)32/h11-13,18-20,22,24,29H,7,9-10,14-17H2,1-5H3/t19-,20+,24-/m1/s1. The van der Waals surface area contributed by atoms with Crippen molar-refractivity contribution in [2.75, 3.05) is 26.7 Å². The van der Waals surface area contributed by atoms with Gasteiger partial charge in [0.05, 0.1) is 13.2 Å². The van der Waals surface area contributed by atoms with Gasteiger partial charge in [0.1, 0.15) is 16.7 Å². The third-order valence-electron chi connectivity index (χ3n) is 6.45. The van der Waals surface area contributed by atoms with Crippen molar-refractivity contribution in [3.05, 3.63) is 23.8 Å². The number of rotatable bonds is 7. The van der Waals surface area contributed by atoms with Crippen molar-refractivity contribution in [1.29, 1.82) is 0 Å². The Kier molecular flexibility index (Phi) is 8.66. The fourth-order valence-corrected chi connectivity index (χ4v) is 5.80. The highest BCUT2D eigenvalue weighted by molar-refractivity contribution is 7.89. The molecule has 1 saturated carbocycles. The lowest BCUT2D eigenvalue weighted by molar-refractivity contribution is -0.131. The molecule has 0 bridgehead atoms. The highest BCUT2D eigenvalue weighted by Crippen LogP contribution is 2.35. The van der Waals surface area contributed by atoms with E-state index in [9.17, 15) is 18.3 Å². The number of amides is 1. The van der Waals surface area contributed by atoms with E-state index in [1.807, 2.05) is 6.92 Å². The summed E-state index contributed by atoms with van der Waals surface area (Å²) in [7, 11) is -2.12. The molecule has 3 atom stereocenters. The van der Waals surface area contributed by atoms with Crippen LogP contribution in [0, 0.1) is 29.6 Å². The van der Waals surface area contributed by atoms with Crippen LogP contribution in [-0.2, 0) is 14.8 Å². The summed E-state index contributed by atoms with van der Waals surface area (Å²) in [5.41, 5.74) is 0.682. The van der Waals surface area contributed by atoms with Gasteiger partial charge in [-0.05, 0) is 49.8 Å². The van der Waals surface area contributed by atoms with Gasteiger partial charge in [0.15, 0.2) is 0 Å². The highest BCUT2D eigenvalue weighted by Gasteiger charge is 2.38. The normalized spacial score (nSPS) is 23.0. The van der Waals surface area contributed by atoms with Crippen molar-refractivity contribution in [2.24, 2.45) is 17.8 Å². The van der Waals surface area contributed by atoms with Crippen molar-refractivity contribution in [1.82, 2.24) is 9.21 Å². The molecule has 1 amide bonds. The van der Waals surface area contributed by atoms with Crippen molar-refractivity contribution < 1.29 is 23.1 Å². The summed E-state index contributed by atoms with van der Waals surface area (Å²) < 4.78 is 34.7. The van der Waals surface area contributed by atoms with Gasteiger partial charge in [-0.25, -0.2) is 8.42 Å². The van der Waals surface area contributed by atoms with Crippen LogP contribution in [0.25, 0.3) is 0 Å². The molecule has 188 valence electrons. The predicted molar refractivity (Wildman–Crippen MR) is 132 cm³/mol. The summed E-state index contributed by atoms with van der Waals surface area (Å²) in [5.74, 6) is 7.29. The first-order valence-corrected chi connectivity index (χ1v) is 13.6. The van der Waals surface area contributed by atoms with E-state index in [-0.39, 0.29) is 35.6 Å². The summed E-state index contributed by atoms with van der Waals surface area (Å²) in [6.45, 7) is 8.06. The number of sulfonamides is 1. The van der Waals surface area contributed by atoms with Gasteiger partial charge in [-0.3, -0.25) is 4.79 Å². The second kappa shape index (κ2) is 11.1. The lowest BCUT2D eigenvalue weighted by Gasteiger charge is -2.37. The Balaban J connectivity index is 1.97. The molecular weight excluding hydrogens is 452 g/mol. The van der Waals surface area contributed by atoms with Crippen LogP contribution in [0.4, 0.5) is 0 Å². The van der Waals surface area contributed by atoms with Crippen LogP contribution in [0.3, 0.4) is 0 Å². The number of aliphatic hydroxyl groups is 1. The van der Waals surface area contributed by atoms with Gasteiger partial charge in [0.25, 0.3) is 0 Å². The van der Waals surface area contributed by atoms with Gasteiger partial charge in [-0.1, -0.05) is 32.6 Å². The SMILES string of the molecule is CC(C)CC#Cc1ccc2c(c1)O[C@H](CN(C)C(=O)CC1CC1)[C@H](C)CN([C@@H](C)CO)S2(=O)=O. The van der Waals surface area contributed by atoms with E-state index in [4.69, 9.17) is 4.74 Å². The minimum atomic E-state index is -3.89. The van der Waals surface area contributed by atoms with E-state index >= 15 is 0 Å². The Morgan fingerprint density at radius 2 is 2.00 bits per heavy atom. The molecule has 1 fully saturated rings. The zero-order valence-electron chi connectivity index (χ0n) is 21.0. The van der Waals surface area contributed by atoms with E-state index in [1.165, 1.54) is 10.4 Å². The predicted octanol–water partition coefficient (Wildman–Crippen LogP) is 3.11. The molecule has 3 rings (SSSR count). The monoisotopic (exact) mass is 490 g/mol. The molecule has 1 aromatic carbocycles. The van der Waals surface area contributed by atoms with Crippen LogP contribution in [0.2, 0.25) is 0 Å². The molecule has 0 radical (unpaired) electrons. The third-order valence-corrected chi connectivity index (χ3v) is 8.47. The summed E-state index contributed by atoms with van der Waals surface area (Å²) in [6.07, 6.45) is 3.10. The lowest BCUT2D eigenvalue weighted by Crippen LogP contribution is -2.50. The first kappa shape index (κ1) is 26.5. The summed E-state index contributed by atoms with van der Waals surface area (Å²) in [6, 6.07) is 4.33. The number of carbonyl (C=O) groups excluding carboxylic acids is 1. The van der Waals surface area contributed by atoms with E-state index in [2.05, 4.69) is 25.7 Å². The second-order valence-corrected chi connectivity index (χ2v) is 12.1. The Morgan fingerprint density at radius 1 is 1.29 bits per heavy atom. The van der Waals surface area contributed by atoms with Crippen LogP contribution in [0.15, 0.2) is 23.1 Å². The third kappa shape index (κ3) is 6.53. The zero-order chi connectivity index (χ0) is 25.0. The number of hydrogen-bond acceptors (Lipinski definition) is 5. The Morgan fingerprint density at radius 3 is 2.62 bits per heavy atom. The molecule has 2 aliphatic rings. The van der Waals surface area contributed by atoms with E-state index in [0.717, 1.165) is 19.3 Å². The largest absolute Gasteiger partial charge is 0.487 e. The number of carbonyl (C=O) groups is 1. The highest BCUT2D eigenvalue weighted by atomic mass is 32.2. The minimum absolute atomic E-state index is 0.0612. The maximum atomic E-state index is 13.5. The van der Waals surface area contributed by atoms with Crippen molar-refractivity contribution in [3.63, 3.8) is 0 Å². The Labute approximate surface area is 204 Å². The molecule has 1 aliphatic carbocycles. The van der Waals surface area contributed by atoms with Crippen LogP contribution in [-0.4, -0.2) is 67.5 Å². The molecule has 1 heterocycles. The molecule has 8 heteroatoms. The average Bonchev–Trinajstić information content (AvgIpc) is 3.59. The molecule has 0 saturated heterocycles. The van der Waals surface area contributed by atoms with Gasteiger partial charge in [0, 0.05) is 44.0 Å². The zero-order valence-corrected chi connectivity index (χ0v) is 21.8. The summed E-state index contributed by atoms with van der Waals surface area (Å²) in [4.78, 5) is 14.4. The Hall–Kier alpha value is -2.08. The topological polar surface area (TPSA) is 87.2 Å². The molecule has 0 spiro atoms. The molecule has 1 N–H and O–H groups in total. The fraction of sp³-hybridized carbons (Fsp3) is 0.654. The number of likely N-dealkylation sites (N-methyl/N-ethyl adjacent to an activating group) is 1. The summed E-state index contributed by atoms with van der Waals surface area (Å²) in [5, 5.41) is 9.77. The van der Waals surface area contributed by atoms with Crippen LogP contribution in [0.1, 0.15) is 58.9 Å². The number of benzene rings is 1. The molecule has 0 aromatic heterocycles. The Bertz CT molecular complexity index is 1040. The van der Waals surface area contributed by atoms with Gasteiger partial charge in [0.2, 0.25) is 15.9 Å². The van der Waals surface area contributed by atoms with E-state index in [0.29, 0.717) is 30.4 Å². The van der Waals surface area contributed by atoms with Crippen LogP contribution < -0.4 is 4.74 Å². The van der Waals surface area contributed by atoms with E-state index < -0.39 is 22.2 Å². The molecule has 1 aromatic rings. The van der Waals surface area contributed by atoms with Crippen molar-refractivity contribution >= 4 is 15.9 Å². The number of ether oxygens (including phenoxy) is 1. The van der Waals surface area contributed by atoms with Gasteiger partial charge >= 0.3 is 0 Å². The van der Waals surface area contributed by atoms with Crippen molar-refractivity contribution in [2.45, 2.75) is 70.4 Å². The fourth-order valence-electron chi connectivity index (χ4n) is 3.97.